The second-order valence-electron chi connectivity index (χ2n) is 6.84. The van der Waals surface area contributed by atoms with E-state index in [4.69, 9.17) is 0 Å². The second-order valence-corrected chi connectivity index (χ2v) is 6.84. The van der Waals surface area contributed by atoms with Crippen LogP contribution in [0.2, 0.25) is 0 Å². The monoisotopic (exact) mass is 373 g/mol. The molecule has 0 aliphatic carbocycles. The minimum atomic E-state index is -0.263. The Bertz CT molecular complexity index is 520. The number of aliphatic hydroxyl groups excluding tert-OH is 1. The van der Waals surface area contributed by atoms with Crippen LogP contribution in [-0.2, 0) is 4.79 Å². The first-order valence-corrected chi connectivity index (χ1v) is 9.62. The van der Waals surface area contributed by atoms with Crippen LogP contribution in [0.15, 0.2) is 67.3 Å². The van der Waals surface area contributed by atoms with Crippen LogP contribution in [0, 0.1) is 12.3 Å². The largest absolute Gasteiger partial charge is 0.393 e. The number of carbonyl (C=O) groups is 1. The van der Waals surface area contributed by atoms with Crippen LogP contribution in [0.1, 0.15) is 52.5 Å². The lowest BCUT2D eigenvalue weighted by atomic mass is 9.79. The smallest absolute Gasteiger partial charge is 0.207 e. The maximum atomic E-state index is 10.0. The highest BCUT2D eigenvalue weighted by Crippen LogP contribution is 2.30. The van der Waals surface area contributed by atoms with Gasteiger partial charge in [-0.2, -0.15) is 0 Å². The van der Waals surface area contributed by atoms with Crippen molar-refractivity contribution < 1.29 is 9.90 Å². The number of aliphatic hydroxyl groups is 1. The minimum Gasteiger partial charge on any atom is -0.393 e. The first-order valence-electron chi connectivity index (χ1n) is 9.62. The maximum Gasteiger partial charge on any atom is 0.207 e. The SMILES string of the molecule is C=C/C=C\C=C/C.CC[C@](C)(CCNC=O)C[C@@H](C)O.Cc1ccccc1. The van der Waals surface area contributed by atoms with E-state index in [9.17, 15) is 9.90 Å². The zero-order valence-electron chi connectivity index (χ0n) is 17.8. The van der Waals surface area contributed by atoms with E-state index >= 15 is 0 Å². The van der Waals surface area contributed by atoms with E-state index in [0.29, 0.717) is 6.54 Å². The van der Waals surface area contributed by atoms with Crippen molar-refractivity contribution in [1.29, 1.82) is 0 Å². The fourth-order valence-electron chi connectivity index (χ4n) is 2.36. The van der Waals surface area contributed by atoms with E-state index in [1.165, 1.54) is 5.56 Å². The lowest BCUT2D eigenvalue weighted by Crippen LogP contribution is -2.26. The van der Waals surface area contributed by atoms with E-state index < -0.39 is 0 Å². The molecule has 0 bridgehead atoms. The Morgan fingerprint density at radius 1 is 1.22 bits per heavy atom. The Kier molecular flexibility index (Phi) is 18.7. The zero-order chi connectivity index (χ0) is 21.0. The van der Waals surface area contributed by atoms with Gasteiger partial charge in [0.2, 0.25) is 6.41 Å². The van der Waals surface area contributed by atoms with Gasteiger partial charge in [-0.3, -0.25) is 4.79 Å². The number of benzene rings is 1. The highest BCUT2D eigenvalue weighted by molar-refractivity contribution is 5.45. The quantitative estimate of drug-likeness (QED) is 0.336. The molecular formula is C24H39NO2. The third-order valence-corrected chi connectivity index (χ3v) is 4.09. The van der Waals surface area contributed by atoms with Gasteiger partial charge in [-0.15, -0.1) is 0 Å². The standard InChI is InChI=1S/C10H21NO2.C7H8.C7H10/c1-4-10(3,7-9(2)13)5-6-11-8-12;1-7-5-3-2-4-6-7;1-3-5-7-6-4-2/h8-9,13H,4-7H2,1-3H3,(H,11,12);2-6H,1H3;3-7H,1H2,2H3/b;;6-4-,7-5-/t9-,10-;;/m1../s1. The van der Waals surface area contributed by atoms with Crippen molar-refractivity contribution in [3.05, 3.63) is 72.9 Å². The predicted octanol–water partition coefficient (Wildman–Crippen LogP) is 5.61. The van der Waals surface area contributed by atoms with Gasteiger partial charge in [-0.1, -0.05) is 93.1 Å². The predicted molar refractivity (Wildman–Crippen MR) is 119 cm³/mol. The third-order valence-electron chi connectivity index (χ3n) is 4.09. The molecule has 3 nitrogen and oxygen atoms in total. The highest BCUT2D eigenvalue weighted by Gasteiger charge is 2.23. The molecule has 27 heavy (non-hydrogen) atoms. The van der Waals surface area contributed by atoms with Crippen LogP contribution in [-0.4, -0.2) is 24.2 Å². The molecule has 1 aromatic carbocycles. The van der Waals surface area contributed by atoms with Crippen molar-refractivity contribution in [3.63, 3.8) is 0 Å². The number of nitrogens with one attached hydrogen (secondary N) is 1. The van der Waals surface area contributed by atoms with Gasteiger partial charge in [-0.25, -0.2) is 0 Å². The topological polar surface area (TPSA) is 49.3 Å². The van der Waals surface area contributed by atoms with E-state index in [2.05, 4.69) is 44.8 Å². The molecule has 0 fully saturated rings. The molecule has 1 aromatic rings. The van der Waals surface area contributed by atoms with E-state index in [1.807, 2.05) is 49.4 Å². The number of carbonyl (C=O) groups excluding carboxylic acids is 1. The molecule has 152 valence electrons. The van der Waals surface area contributed by atoms with Crippen molar-refractivity contribution in [3.8, 4) is 0 Å². The molecule has 2 atom stereocenters. The van der Waals surface area contributed by atoms with Crippen molar-refractivity contribution >= 4 is 6.41 Å². The van der Waals surface area contributed by atoms with E-state index in [-0.39, 0.29) is 11.5 Å². The van der Waals surface area contributed by atoms with Gasteiger partial charge in [0, 0.05) is 6.54 Å². The molecular weight excluding hydrogens is 334 g/mol. The van der Waals surface area contributed by atoms with Gasteiger partial charge in [0.15, 0.2) is 0 Å². The van der Waals surface area contributed by atoms with Crippen LogP contribution < -0.4 is 5.32 Å². The highest BCUT2D eigenvalue weighted by atomic mass is 16.3. The van der Waals surface area contributed by atoms with Crippen LogP contribution in [0.5, 0.6) is 0 Å². The van der Waals surface area contributed by atoms with Crippen molar-refractivity contribution in [2.45, 2.75) is 60.0 Å². The number of aryl methyl sites for hydroxylation is 1. The van der Waals surface area contributed by atoms with Crippen molar-refractivity contribution in [1.82, 2.24) is 5.32 Å². The number of hydrogen-bond acceptors (Lipinski definition) is 2. The molecule has 0 aromatic heterocycles. The lowest BCUT2D eigenvalue weighted by molar-refractivity contribution is -0.109. The minimum absolute atomic E-state index is 0.143. The Balaban J connectivity index is 0. The van der Waals surface area contributed by atoms with Crippen LogP contribution >= 0.6 is 0 Å². The van der Waals surface area contributed by atoms with Gasteiger partial charge in [0.25, 0.3) is 0 Å². The molecule has 1 rings (SSSR count). The summed E-state index contributed by atoms with van der Waals surface area (Å²) in [7, 11) is 0. The van der Waals surface area contributed by atoms with Gasteiger partial charge < -0.3 is 10.4 Å². The number of allylic oxidation sites excluding steroid dienone is 5. The summed E-state index contributed by atoms with van der Waals surface area (Å²) < 4.78 is 0. The number of amides is 1. The van der Waals surface area contributed by atoms with Crippen molar-refractivity contribution in [2.75, 3.05) is 6.54 Å². The Morgan fingerprint density at radius 2 is 1.85 bits per heavy atom. The molecule has 3 heteroatoms. The van der Waals surface area contributed by atoms with E-state index in [1.54, 1.807) is 13.0 Å². The third kappa shape index (κ3) is 20.0. The first kappa shape index (κ1) is 27.1. The molecule has 0 spiro atoms. The fourth-order valence-corrected chi connectivity index (χ4v) is 2.36. The first-order chi connectivity index (χ1) is 12.8. The van der Waals surface area contributed by atoms with Crippen molar-refractivity contribution in [2.24, 2.45) is 5.41 Å². The normalized spacial score (nSPS) is 13.6. The molecule has 1 amide bonds. The molecule has 0 aliphatic rings. The Labute approximate surface area is 166 Å². The van der Waals surface area contributed by atoms with Gasteiger partial charge in [0.1, 0.15) is 0 Å². The molecule has 0 heterocycles. The molecule has 0 saturated carbocycles. The zero-order valence-corrected chi connectivity index (χ0v) is 17.8. The van der Waals surface area contributed by atoms with Crippen LogP contribution in [0.4, 0.5) is 0 Å². The van der Waals surface area contributed by atoms with Crippen LogP contribution in [0.25, 0.3) is 0 Å². The summed E-state index contributed by atoms with van der Waals surface area (Å²) in [6.07, 6.45) is 12.7. The Morgan fingerprint density at radius 3 is 2.22 bits per heavy atom. The van der Waals surface area contributed by atoms with Gasteiger partial charge in [-0.05, 0) is 39.0 Å². The average Bonchev–Trinajstić information content (AvgIpc) is 2.63. The number of hydrogen-bond donors (Lipinski definition) is 2. The lowest BCUT2D eigenvalue weighted by Gasteiger charge is -2.29. The summed E-state index contributed by atoms with van der Waals surface area (Å²) in [4.78, 5) is 10.0. The molecule has 0 aliphatic heterocycles. The molecule has 2 N–H and O–H groups in total. The molecule has 0 saturated heterocycles. The summed E-state index contributed by atoms with van der Waals surface area (Å²) in [5.74, 6) is 0. The fraction of sp³-hybridized carbons (Fsp3) is 0.458. The summed E-state index contributed by atoms with van der Waals surface area (Å²) in [5.41, 5.74) is 1.46. The summed E-state index contributed by atoms with van der Waals surface area (Å²) in [5, 5.41) is 11.9. The summed E-state index contributed by atoms with van der Waals surface area (Å²) in [6, 6.07) is 10.3. The van der Waals surface area contributed by atoms with E-state index in [0.717, 1.165) is 25.7 Å². The maximum absolute atomic E-state index is 10.0. The molecule has 0 unspecified atom stereocenters. The Hall–Kier alpha value is -2.13. The molecule has 0 radical (unpaired) electrons. The van der Waals surface area contributed by atoms with Crippen LogP contribution in [0.3, 0.4) is 0 Å². The second kappa shape index (κ2) is 18.7. The summed E-state index contributed by atoms with van der Waals surface area (Å²) in [6.45, 7) is 14.3. The number of rotatable bonds is 9. The summed E-state index contributed by atoms with van der Waals surface area (Å²) >= 11 is 0. The van der Waals surface area contributed by atoms with Gasteiger partial charge >= 0.3 is 0 Å². The average molecular weight is 374 g/mol. The van der Waals surface area contributed by atoms with Gasteiger partial charge in [0.05, 0.1) is 6.10 Å².